The second-order valence-electron chi connectivity index (χ2n) is 8.61. The molecule has 1 aromatic carbocycles. The number of carbonyl (C=O) groups is 1. The summed E-state index contributed by atoms with van der Waals surface area (Å²) < 4.78 is 10.3. The first-order chi connectivity index (χ1) is 12.8. The van der Waals surface area contributed by atoms with Crippen molar-refractivity contribution in [2.24, 2.45) is 16.7 Å². The van der Waals surface area contributed by atoms with E-state index in [0.29, 0.717) is 24.4 Å². The fraction of sp³-hybridized carbons (Fsp3) is 0.524. The second-order valence-corrected chi connectivity index (χ2v) is 8.61. The summed E-state index contributed by atoms with van der Waals surface area (Å²) >= 11 is 0. The summed E-state index contributed by atoms with van der Waals surface area (Å²) in [7, 11) is 3.07. The number of aromatic amines is 1. The van der Waals surface area contributed by atoms with Crippen molar-refractivity contribution in [1.29, 1.82) is 0 Å². The van der Waals surface area contributed by atoms with Crippen molar-refractivity contribution in [3.05, 3.63) is 40.2 Å². The van der Waals surface area contributed by atoms with Gasteiger partial charge in [0.2, 0.25) is 0 Å². The summed E-state index contributed by atoms with van der Waals surface area (Å²) in [5.74, 6) is 0.861. The van der Waals surface area contributed by atoms with Gasteiger partial charge in [0.05, 0.1) is 25.2 Å². The van der Waals surface area contributed by atoms with Gasteiger partial charge in [0.1, 0.15) is 5.75 Å². The summed E-state index contributed by atoms with van der Waals surface area (Å²) in [6, 6.07) is 7.59. The van der Waals surface area contributed by atoms with Gasteiger partial charge in [-0.25, -0.2) is 0 Å². The number of pyridine rings is 1. The van der Waals surface area contributed by atoms with E-state index in [2.05, 4.69) is 23.7 Å². The predicted octanol–water partition coefficient (Wildman–Crippen LogP) is 2.56. The molecule has 2 aliphatic rings. The van der Waals surface area contributed by atoms with Crippen LogP contribution in [0, 0.1) is 16.7 Å². The topological polar surface area (TPSA) is 71.6 Å². The minimum atomic E-state index is -0.421. The van der Waals surface area contributed by atoms with E-state index in [9.17, 15) is 9.59 Å². The minimum Gasteiger partial charge on any atom is -0.497 e. The van der Waals surface area contributed by atoms with Crippen LogP contribution in [-0.4, -0.2) is 43.2 Å². The number of aromatic nitrogens is 1. The number of likely N-dealkylation sites (tertiary alicyclic amines) is 1. The van der Waals surface area contributed by atoms with Gasteiger partial charge in [-0.1, -0.05) is 13.8 Å². The molecule has 1 saturated heterocycles. The number of H-pyrrole nitrogens is 1. The van der Waals surface area contributed by atoms with Crippen LogP contribution < -0.4 is 10.3 Å². The Hall–Kier alpha value is -2.34. The molecule has 0 radical (unpaired) electrons. The van der Waals surface area contributed by atoms with Crippen molar-refractivity contribution in [2.75, 3.05) is 27.3 Å². The molecule has 0 unspecified atom stereocenters. The van der Waals surface area contributed by atoms with E-state index in [1.807, 2.05) is 24.3 Å². The maximum absolute atomic E-state index is 12.6. The number of hydrogen-bond donors (Lipinski definition) is 1. The first kappa shape index (κ1) is 18.0. The van der Waals surface area contributed by atoms with Gasteiger partial charge < -0.3 is 14.5 Å². The molecule has 144 valence electrons. The molecule has 1 aliphatic carbocycles. The maximum Gasteiger partial charge on any atom is 0.313 e. The van der Waals surface area contributed by atoms with Crippen LogP contribution in [0.25, 0.3) is 10.9 Å². The Labute approximate surface area is 158 Å². The fourth-order valence-corrected chi connectivity index (χ4v) is 5.30. The van der Waals surface area contributed by atoms with Gasteiger partial charge in [-0.15, -0.1) is 0 Å². The summed E-state index contributed by atoms with van der Waals surface area (Å²) in [5.41, 5.74) is 1.08. The quantitative estimate of drug-likeness (QED) is 0.838. The molecule has 1 aliphatic heterocycles. The lowest BCUT2D eigenvalue weighted by Gasteiger charge is -2.54. The molecule has 2 fully saturated rings. The van der Waals surface area contributed by atoms with Crippen LogP contribution >= 0.6 is 0 Å². The van der Waals surface area contributed by atoms with Crippen molar-refractivity contribution in [3.63, 3.8) is 0 Å². The van der Waals surface area contributed by atoms with Crippen LogP contribution in [0.15, 0.2) is 29.1 Å². The summed E-state index contributed by atoms with van der Waals surface area (Å²) in [6.07, 6.45) is 0.835. The number of ether oxygens (including phenoxy) is 2. The standard InChI is InChI=1S/C21H26N2O4/c1-20(2)11-21(19(25)27-4)12-23(10-17(20)21)9-14-7-13-5-6-15(26-3)8-16(13)22-18(14)24/h5-8,17H,9-12H2,1-4H3,(H,22,24)/t17-,21+/m1/s1. The molecule has 4 rings (SSSR count). The molecule has 6 nitrogen and oxygen atoms in total. The van der Waals surface area contributed by atoms with Crippen LogP contribution in [0.1, 0.15) is 25.8 Å². The zero-order valence-corrected chi connectivity index (χ0v) is 16.3. The number of methoxy groups -OCH3 is 2. The van der Waals surface area contributed by atoms with Crippen molar-refractivity contribution < 1.29 is 14.3 Å². The monoisotopic (exact) mass is 370 g/mol. The average Bonchev–Trinajstić information content (AvgIpc) is 2.96. The Bertz CT molecular complexity index is 964. The van der Waals surface area contributed by atoms with Crippen molar-refractivity contribution in [3.8, 4) is 5.75 Å². The van der Waals surface area contributed by atoms with Gasteiger partial charge in [0.25, 0.3) is 5.56 Å². The number of hydrogen-bond acceptors (Lipinski definition) is 5. The van der Waals surface area contributed by atoms with Gasteiger partial charge >= 0.3 is 5.97 Å². The molecule has 0 bridgehead atoms. The number of benzene rings is 1. The Kier molecular flexibility index (Phi) is 4.07. The van der Waals surface area contributed by atoms with E-state index < -0.39 is 5.41 Å². The summed E-state index contributed by atoms with van der Waals surface area (Å²) in [5, 5.41) is 0.968. The summed E-state index contributed by atoms with van der Waals surface area (Å²) in [6.45, 7) is 6.40. The molecule has 0 spiro atoms. The first-order valence-corrected chi connectivity index (χ1v) is 9.30. The number of nitrogens with one attached hydrogen (secondary N) is 1. The van der Waals surface area contributed by atoms with E-state index >= 15 is 0 Å². The van der Waals surface area contributed by atoms with Crippen LogP contribution in [0.4, 0.5) is 0 Å². The third-order valence-electron chi connectivity index (χ3n) is 6.44. The molecule has 0 amide bonds. The van der Waals surface area contributed by atoms with E-state index in [-0.39, 0.29) is 22.9 Å². The van der Waals surface area contributed by atoms with Gasteiger partial charge in [-0.2, -0.15) is 0 Å². The second kappa shape index (κ2) is 6.09. The third kappa shape index (κ3) is 2.74. The van der Waals surface area contributed by atoms with E-state index in [4.69, 9.17) is 9.47 Å². The zero-order valence-electron chi connectivity index (χ0n) is 16.3. The van der Waals surface area contributed by atoms with Gasteiger partial charge in [-0.3, -0.25) is 14.5 Å². The number of esters is 1. The summed E-state index contributed by atoms with van der Waals surface area (Å²) in [4.78, 5) is 30.2. The number of fused-ring (bicyclic) bond motifs is 2. The first-order valence-electron chi connectivity index (χ1n) is 9.30. The van der Waals surface area contributed by atoms with Crippen molar-refractivity contribution >= 4 is 16.9 Å². The molecule has 1 N–H and O–H groups in total. The lowest BCUT2D eigenvalue weighted by molar-refractivity contribution is -0.174. The predicted molar refractivity (Wildman–Crippen MR) is 103 cm³/mol. The lowest BCUT2D eigenvalue weighted by atomic mass is 9.48. The third-order valence-corrected chi connectivity index (χ3v) is 6.44. The normalized spacial score (nSPS) is 26.4. The van der Waals surface area contributed by atoms with Gasteiger partial charge in [-0.05, 0) is 41.3 Å². The molecular weight excluding hydrogens is 344 g/mol. The number of rotatable bonds is 4. The number of carbonyl (C=O) groups excluding carboxylic acids is 1. The van der Waals surface area contributed by atoms with E-state index in [1.54, 1.807) is 7.11 Å². The highest BCUT2D eigenvalue weighted by Gasteiger charge is 2.67. The Morgan fingerprint density at radius 1 is 1.30 bits per heavy atom. The van der Waals surface area contributed by atoms with Crippen LogP contribution in [-0.2, 0) is 16.1 Å². The highest BCUT2D eigenvalue weighted by molar-refractivity contribution is 5.81. The highest BCUT2D eigenvalue weighted by Crippen LogP contribution is 2.63. The van der Waals surface area contributed by atoms with Gasteiger partial charge in [0.15, 0.2) is 0 Å². The smallest absolute Gasteiger partial charge is 0.313 e. The van der Waals surface area contributed by atoms with Crippen LogP contribution in [0.5, 0.6) is 5.75 Å². The molecule has 2 heterocycles. The SMILES string of the molecule is COC(=O)[C@@]12CN(Cc3cc4ccc(OC)cc4[nH]c3=O)C[C@@H]1C(C)(C)C2. The Balaban J connectivity index is 1.60. The fourth-order valence-electron chi connectivity index (χ4n) is 5.30. The van der Waals surface area contributed by atoms with E-state index in [0.717, 1.165) is 23.9 Å². The molecular formula is C21H26N2O4. The highest BCUT2D eigenvalue weighted by atomic mass is 16.5. The number of nitrogens with zero attached hydrogens (tertiary/aromatic N) is 1. The van der Waals surface area contributed by atoms with Crippen molar-refractivity contribution in [1.82, 2.24) is 9.88 Å². The van der Waals surface area contributed by atoms with Crippen LogP contribution in [0.3, 0.4) is 0 Å². The van der Waals surface area contributed by atoms with Crippen molar-refractivity contribution in [2.45, 2.75) is 26.8 Å². The van der Waals surface area contributed by atoms with E-state index in [1.165, 1.54) is 7.11 Å². The maximum atomic E-state index is 12.6. The largest absolute Gasteiger partial charge is 0.497 e. The molecule has 2 atom stereocenters. The average molecular weight is 370 g/mol. The molecule has 1 aromatic heterocycles. The van der Waals surface area contributed by atoms with Gasteiger partial charge in [0, 0.05) is 31.3 Å². The Morgan fingerprint density at radius 2 is 2.07 bits per heavy atom. The minimum absolute atomic E-state index is 0.0959. The lowest BCUT2D eigenvalue weighted by Crippen LogP contribution is -2.57. The molecule has 1 saturated carbocycles. The van der Waals surface area contributed by atoms with Crippen LogP contribution in [0.2, 0.25) is 0 Å². The zero-order chi connectivity index (χ0) is 19.4. The molecule has 6 heteroatoms. The Morgan fingerprint density at radius 3 is 2.74 bits per heavy atom. The molecule has 27 heavy (non-hydrogen) atoms. The molecule has 2 aromatic rings.